The van der Waals surface area contributed by atoms with Crippen molar-refractivity contribution < 1.29 is 24.6 Å². The minimum atomic E-state index is -1.20. The molecule has 0 atom stereocenters. The van der Waals surface area contributed by atoms with Crippen LogP contribution in [0.5, 0.6) is 0 Å². The highest BCUT2D eigenvalue weighted by Crippen LogP contribution is 2.50. The number of hydrogen-bond acceptors (Lipinski definition) is 4. The molecule has 26 heavy (non-hydrogen) atoms. The summed E-state index contributed by atoms with van der Waals surface area (Å²) >= 11 is 0. The standard InChI is InChI=1S/C19H22N2O5/c22-14(23)10-20-18(26)15-16(24)13-7-6-12(11-4-3-5-11)21(13)19(17(15)25)8-1-2-9-19/h6-7,11,25H,1-5,8-10H2,(H,20,26)(H,22,23). The molecular formula is C19H22N2O5. The fourth-order valence-electron chi connectivity index (χ4n) is 4.58. The molecule has 0 radical (unpaired) electrons. The van der Waals surface area contributed by atoms with Crippen LogP contribution in [0.2, 0.25) is 0 Å². The van der Waals surface area contributed by atoms with Crippen molar-refractivity contribution >= 4 is 17.7 Å². The normalized spacial score (nSPS) is 21.6. The number of allylic oxidation sites excluding steroid dienone is 1. The molecule has 138 valence electrons. The van der Waals surface area contributed by atoms with Crippen molar-refractivity contribution in [2.45, 2.75) is 56.4 Å². The average Bonchev–Trinajstić information content (AvgIpc) is 3.18. The summed E-state index contributed by atoms with van der Waals surface area (Å²) < 4.78 is 1.98. The zero-order valence-corrected chi connectivity index (χ0v) is 14.5. The van der Waals surface area contributed by atoms with Gasteiger partial charge in [-0.25, -0.2) is 0 Å². The molecule has 0 aromatic carbocycles. The lowest BCUT2D eigenvalue weighted by Crippen LogP contribution is -2.45. The van der Waals surface area contributed by atoms with Gasteiger partial charge in [-0.2, -0.15) is 0 Å². The molecule has 1 spiro atoms. The Balaban J connectivity index is 1.81. The van der Waals surface area contributed by atoms with E-state index in [0.29, 0.717) is 24.5 Å². The van der Waals surface area contributed by atoms with Gasteiger partial charge in [-0.3, -0.25) is 14.4 Å². The highest BCUT2D eigenvalue weighted by atomic mass is 16.4. The van der Waals surface area contributed by atoms with Crippen LogP contribution in [-0.2, 0) is 15.1 Å². The Kier molecular flexibility index (Phi) is 3.89. The van der Waals surface area contributed by atoms with Gasteiger partial charge in [0.15, 0.2) is 0 Å². The highest BCUT2D eigenvalue weighted by molar-refractivity contribution is 6.26. The first-order valence-corrected chi connectivity index (χ1v) is 9.16. The van der Waals surface area contributed by atoms with Crippen LogP contribution in [-0.4, -0.2) is 39.0 Å². The Labute approximate surface area is 150 Å². The van der Waals surface area contributed by atoms with Crippen molar-refractivity contribution in [3.63, 3.8) is 0 Å². The predicted molar refractivity (Wildman–Crippen MR) is 92.1 cm³/mol. The van der Waals surface area contributed by atoms with Gasteiger partial charge in [0.25, 0.3) is 5.91 Å². The quantitative estimate of drug-likeness (QED) is 0.715. The third-order valence-corrected chi connectivity index (χ3v) is 6.06. The van der Waals surface area contributed by atoms with Gasteiger partial charge in [0.2, 0.25) is 5.78 Å². The molecule has 3 aliphatic rings. The van der Waals surface area contributed by atoms with Gasteiger partial charge in [-0.05, 0) is 43.7 Å². The van der Waals surface area contributed by atoms with Crippen LogP contribution >= 0.6 is 0 Å². The Morgan fingerprint density at radius 2 is 1.88 bits per heavy atom. The number of carboxylic acid groups (broad SMARTS) is 1. The largest absolute Gasteiger partial charge is 0.509 e. The van der Waals surface area contributed by atoms with Crippen LogP contribution in [0.25, 0.3) is 0 Å². The summed E-state index contributed by atoms with van der Waals surface area (Å²) in [5, 5.41) is 22.0. The molecule has 1 aromatic heterocycles. The van der Waals surface area contributed by atoms with E-state index in [1.165, 1.54) is 0 Å². The average molecular weight is 358 g/mol. The number of carbonyl (C=O) groups is 3. The number of aromatic nitrogens is 1. The summed E-state index contributed by atoms with van der Waals surface area (Å²) in [5.41, 5.74) is 0.428. The lowest BCUT2D eigenvalue weighted by molar-refractivity contribution is -0.137. The third kappa shape index (κ3) is 2.29. The molecule has 7 nitrogen and oxygen atoms in total. The van der Waals surface area contributed by atoms with Crippen molar-refractivity contribution in [3.05, 3.63) is 34.9 Å². The smallest absolute Gasteiger partial charge is 0.322 e. The number of aliphatic hydroxyl groups is 1. The van der Waals surface area contributed by atoms with Crippen molar-refractivity contribution in [1.29, 1.82) is 0 Å². The second-order valence-electron chi connectivity index (χ2n) is 7.47. The fourth-order valence-corrected chi connectivity index (χ4v) is 4.58. The maximum atomic E-state index is 12.9. The van der Waals surface area contributed by atoms with E-state index < -0.39 is 29.7 Å². The number of rotatable bonds is 4. The van der Waals surface area contributed by atoms with Crippen LogP contribution in [0.4, 0.5) is 0 Å². The first-order chi connectivity index (χ1) is 12.5. The number of Topliss-reactive ketones (excluding diaryl/α,β-unsaturated/α-hetero) is 1. The summed E-state index contributed by atoms with van der Waals surface area (Å²) in [6.07, 6.45) is 6.46. The Hall–Kier alpha value is -2.57. The number of nitrogens with one attached hydrogen (secondary N) is 1. The summed E-state index contributed by atoms with van der Waals surface area (Å²) in [6, 6.07) is 3.69. The summed E-state index contributed by atoms with van der Waals surface area (Å²) in [4.78, 5) is 36.1. The molecule has 0 bridgehead atoms. The molecule has 2 saturated carbocycles. The van der Waals surface area contributed by atoms with Crippen LogP contribution in [0.1, 0.15) is 67.0 Å². The van der Waals surface area contributed by atoms with Crippen LogP contribution in [0.3, 0.4) is 0 Å². The van der Waals surface area contributed by atoms with Gasteiger partial charge >= 0.3 is 5.97 Å². The second kappa shape index (κ2) is 6.00. The van der Waals surface area contributed by atoms with Gasteiger partial charge < -0.3 is 20.1 Å². The highest BCUT2D eigenvalue weighted by Gasteiger charge is 2.50. The fraction of sp³-hybridized carbons (Fsp3) is 0.526. The molecule has 1 amide bonds. The van der Waals surface area contributed by atoms with Crippen molar-refractivity contribution in [2.75, 3.05) is 6.54 Å². The topological polar surface area (TPSA) is 109 Å². The summed E-state index contributed by atoms with van der Waals surface area (Å²) in [6.45, 7) is -0.593. The maximum absolute atomic E-state index is 12.9. The van der Waals surface area contributed by atoms with E-state index >= 15 is 0 Å². The molecule has 3 N–H and O–H groups in total. The lowest BCUT2D eigenvalue weighted by Gasteiger charge is -2.40. The number of nitrogens with zero attached hydrogens (tertiary/aromatic N) is 1. The third-order valence-electron chi connectivity index (χ3n) is 6.06. The zero-order chi connectivity index (χ0) is 18.5. The van der Waals surface area contributed by atoms with Gasteiger partial charge in [0, 0.05) is 5.69 Å². The number of aliphatic hydroxyl groups excluding tert-OH is 1. The van der Waals surface area contributed by atoms with E-state index in [1.807, 2.05) is 10.6 Å². The Bertz CT molecular complexity index is 825. The molecule has 7 heteroatoms. The van der Waals surface area contributed by atoms with Crippen molar-refractivity contribution in [2.24, 2.45) is 0 Å². The van der Waals surface area contributed by atoms with Crippen molar-refractivity contribution in [3.8, 4) is 0 Å². The van der Waals surface area contributed by atoms with Gasteiger partial charge in [0.1, 0.15) is 23.4 Å². The number of carbonyl (C=O) groups excluding carboxylic acids is 2. The van der Waals surface area contributed by atoms with E-state index in [4.69, 9.17) is 5.11 Å². The number of hydrogen-bond donors (Lipinski definition) is 3. The minimum Gasteiger partial charge on any atom is -0.509 e. The van der Waals surface area contributed by atoms with Crippen LogP contribution in [0, 0.1) is 0 Å². The minimum absolute atomic E-state index is 0.202. The molecule has 2 heterocycles. The SMILES string of the molecule is O=C(O)CNC(=O)C1=C(O)C2(CCCC2)n2c(ccc2C2CCC2)C1=O. The molecule has 1 aromatic rings. The molecule has 2 fully saturated rings. The van der Waals surface area contributed by atoms with E-state index in [9.17, 15) is 19.5 Å². The van der Waals surface area contributed by atoms with E-state index in [2.05, 4.69) is 5.32 Å². The molecule has 4 rings (SSSR count). The maximum Gasteiger partial charge on any atom is 0.322 e. The number of ketones is 1. The van der Waals surface area contributed by atoms with Crippen LogP contribution < -0.4 is 5.32 Å². The van der Waals surface area contributed by atoms with Crippen molar-refractivity contribution in [1.82, 2.24) is 9.88 Å². The first-order valence-electron chi connectivity index (χ1n) is 9.16. The summed E-state index contributed by atoms with van der Waals surface area (Å²) in [5.74, 6) is -2.36. The molecule has 1 aliphatic heterocycles. The number of fused-ring (bicyclic) bond motifs is 2. The Morgan fingerprint density at radius 3 is 2.46 bits per heavy atom. The van der Waals surface area contributed by atoms with Gasteiger partial charge in [-0.15, -0.1) is 0 Å². The summed E-state index contributed by atoms with van der Waals surface area (Å²) in [7, 11) is 0. The Morgan fingerprint density at radius 1 is 1.19 bits per heavy atom. The van der Waals surface area contributed by atoms with Gasteiger partial charge in [0.05, 0.1) is 5.69 Å². The monoisotopic (exact) mass is 358 g/mol. The number of amides is 1. The second-order valence-corrected chi connectivity index (χ2v) is 7.47. The molecule has 2 aliphatic carbocycles. The molecular weight excluding hydrogens is 336 g/mol. The van der Waals surface area contributed by atoms with Crippen LogP contribution in [0.15, 0.2) is 23.5 Å². The number of carboxylic acids is 1. The van der Waals surface area contributed by atoms with Gasteiger partial charge in [-0.1, -0.05) is 19.3 Å². The molecule has 0 saturated heterocycles. The van der Waals surface area contributed by atoms with E-state index in [-0.39, 0.29) is 11.3 Å². The lowest BCUT2D eigenvalue weighted by atomic mass is 9.80. The first kappa shape index (κ1) is 16.9. The predicted octanol–water partition coefficient (Wildman–Crippen LogP) is 2.23. The van der Waals surface area contributed by atoms with E-state index in [1.54, 1.807) is 6.07 Å². The zero-order valence-electron chi connectivity index (χ0n) is 14.5. The number of aliphatic carboxylic acids is 1. The molecule has 0 unspecified atom stereocenters. The van der Waals surface area contributed by atoms with E-state index in [0.717, 1.165) is 37.8 Å².